The van der Waals surface area contributed by atoms with Crippen molar-refractivity contribution in [2.45, 2.75) is 6.10 Å². The van der Waals surface area contributed by atoms with Crippen LogP contribution in [0.3, 0.4) is 0 Å². The first-order valence-corrected chi connectivity index (χ1v) is 4.68. The Morgan fingerprint density at radius 3 is 2.43 bits per heavy atom. The number of carbonyl (C=O) groups is 1. The summed E-state index contributed by atoms with van der Waals surface area (Å²) in [6, 6.07) is 6.70. The number of halogens is 1. The molecule has 0 aliphatic carbocycles. The molecule has 0 aromatic heterocycles. The average molecular weight is 261 g/mol. The molecule has 1 atom stereocenters. The highest BCUT2D eigenvalue weighted by atomic mass is 79.9. The van der Waals surface area contributed by atoms with E-state index in [0.717, 1.165) is 4.47 Å². The second-order valence-corrected chi connectivity index (χ2v) is 3.50. The Labute approximate surface area is 89.3 Å². The Kier molecular flexibility index (Phi) is 3.91. The van der Waals surface area contributed by atoms with Crippen LogP contribution in [0.5, 0.6) is 5.75 Å². The van der Waals surface area contributed by atoms with Crippen LogP contribution in [0.4, 0.5) is 0 Å². The number of aliphatic hydroxyl groups excluding tert-OH is 1. The fraction of sp³-hybridized carbons (Fsp3) is 0.222. The van der Waals surface area contributed by atoms with E-state index in [4.69, 9.17) is 14.9 Å². The normalized spacial score (nSPS) is 12.1. The van der Waals surface area contributed by atoms with Gasteiger partial charge in [0, 0.05) is 4.47 Å². The first kappa shape index (κ1) is 11.0. The molecular weight excluding hydrogens is 252 g/mol. The van der Waals surface area contributed by atoms with Crippen LogP contribution < -0.4 is 4.74 Å². The summed E-state index contributed by atoms with van der Waals surface area (Å²) in [6.07, 6.45) is -1.21. The molecule has 0 saturated carbocycles. The van der Waals surface area contributed by atoms with Crippen molar-refractivity contribution in [3.63, 3.8) is 0 Å². The van der Waals surface area contributed by atoms with Gasteiger partial charge in [-0.1, -0.05) is 15.9 Å². The SMILES string of the molecule is O=C(O)C(CO)Oc1ccc(Br)cc1. The summed E-state index contributed by atoms with van der Waals surface area (Å²) in [4.78, 5) is 10.5. The molecule has 0 aliphatic rings. The minimum absolute atomic E-state index is 0.412. The lowest BCUT2D eigenvalue weighted by Gasteiger charge is -2.11. The lowest BCUT2D eigenvalue weighted by atomic mass is 10.3. The highest BCUT2D eigenvalue weighted by Crippen LogP contribution is 2.17. The van der Waals surface area contributed by atoms with E-state index < -0.39 is 18.7 Å². The molecule has 14 heavy (non-hydrogen) atoms. The molecule has 0 saturated heterocycles. The molecule has 1 unspecified atom stereocenters. The lowest BCUT2D eigenvalue weighted by Crippen LogP contribution is -2.30. The molecule has 2 N–H and O–H groups in total. The van der Waals surface area contributed by atoms with Gasteiger partial charge in [-0.05, 0) is 24.3 Å². The summed E-state index contributed by atoms with van der Waals surface area (Å²) >= 11 is 3.24. The second kappa shape index (κ2) is 4.97. The zero-order valence-corrected chi connectivity index (χ0v) is 8.77. The lowest BCUT2D eigenvalue weighted by molar-refractivity contribution is -0.146. The largest absolute Gasteiger partial charge is 0.478 e. The maximum absolute atomic E-state index is 10.5. The predicted molar refractivity (Wildman–Crippen MR) is 53.3 cm³/mol. The summed E-state index contributed by atoms with van der Waals surface area (Å²) in [5.74, 6) is -0.773. The zero-order valence-electron chi connectivity index (χ0n) is 7.18. The van der Waals surface area contributed by atoms with Crippen LogP contribution in [-0.4, -0.2) is 28.9 Å². The average Bonchev–Trinajstić information content (AvgIpc) is 2.16. The maximum Gasteiger partial charge on any atom is 0.347 e. The Balaban J connectivity index is 2.67. The van der Waals surface area contributed by atoms with Crippen LogP contribution in [0.25, 0.3) is 0 Å². The molecule has 1 aromatic rings. The van der Waals surface area contributed by atoms with E-state index in [9.17, 15) is 4.79 Å². The van der Waals surface area contributed by atoms with Crippen molar-refractivity contribution in [3.05, 3.63) is 28.7 Å². The number of hydrogen-bond donors (Lipinski definition) is 2. The van der Waals surface area contributed by atoms with E-state index in [-0.39, 0.29) is 0 Å². The molecule has 1 rings (SSSR count). The van der Waals surface area contributed by atoms with E-state index in [1.807, 2.05) is 0 Å². The fourth-order valence-corrected chi connectivity index (χ4v) is 1.11. The van der Waals surface area contributed by atoms with Gasteiger partial charge in [0.15, 0.2) is 0 Å². The van der Waals surface area contributed by atoms with Crippen molar-refractivity contribution in [1.82, 2.24) is 0 Å². The Hall–Kier alpha value is -1.07. The smallest absolute Gasteiger partial charge is 0.347 e. The van der Waals surface area contributed by atoms with Gasteiger partial charge in [-0.15, -0.1) is 0 Å². The predicted octanol–water partition coefficient (Wildman–Crippen LogP) is 1.27. The zero-order chi connectivity index (χ0) is 10.6. The summed E-state index contributed by atoms with van der Waals surface area (Å²) in [5.41, 5.74) is 0. The second-order valence-electron chi connectivity index (χ2n) is 2.58. The Morgan fingerprint density at radius 2 is 2.00 bits per heavy atom. The van der Waals surface area contributed by atoms with Gasteiger partial charge in [0.1, 0.15) is 5.75 Å². The molecule has 0 aliphatic heterocycles. The van der Waals surface area contributed by atoms with Crippen LogP contribution >= 0.6 is 15.9 Å². The van der Waals surface area contributed by atoms with Crippen molar-refractivity contribution < 1.29 is 19.7 Å². The third-order valence-corrected chi connectivity index (χ3v) is 2.06. The topological polar surface area (TPSA) is 66.8 Å². The molecule has 0 spiro atoms. The van der Waals surface area contributed by atoms with E-state index >= 15 is 0 Å². The van der Waals surface area contributed by atoms with Gasteiger partial charge in [-0.25, -0.2) is 4.79 Å². The molecule has 4 nitrogen and oxygen atoms in total. The van der Waals surface area contributed by atoms with E-state index in [1.165, 1.54) is 0 Å². The Bertz CT molecular complexity index is 309. The summed E-state index contributed by atoms with van der Waals surface area (Å²) in [7, 11) is 0. The third kappa shape index (κ3) is 3.01. The van der Waals surface area contributed by atoms with Crippen molar-refractivity contribution >= 4 is 21.9 Å². The summed E-state index contributed by atoms with van der Waals surface area (Å²) in [6.45, 7) is -0.550. The van der Waals surface area contributed by atoms with Gasteiger partial charge >= 0.3 is 5.97 Å². The third-order valence-electron chi connectivity index (χ3n) is 1.53. The van der Waals surface area contributed by atoms with Gasteiger partial charge in [-0.2, -0.15) is 0 Å². The van der Waals surface area contributed by atoms with Crippen LogP contribution in [0.2, 0.25) is 0 Å². The molecule has 0 radical (unpaired) electrons. The van der Waals surface area contributed by atoms with Crippen LogP contribution in [0, 0.1) is 0 Å². The Morgan fingerprint density at radius 1 is 1.43 bits per heavy atom. The van der Waals surface area contributed by atoms with E-state index in [2.05, 4.69) is 15.9 Å². The number of benzene rings is 1. The van der Waals surface area contributed by atoms with Gasteiger partial charge in [-0.3, -0.25) is 0 Å². The monoisotopic (exact) mass is 260 g/mol. The molecule has 5 heteroatoms. The van der Waals surface area contributed by atoms with Crippen LogP contribution in [0.15, 0.2) is 28.7 Å². The van der Waals surface area contributed by atoms with Crippen LogP contribution in [0.1, 0.15) is 0 Å². The standard InChI is InChI=1S/C9H9BrO4/c10-6-1-3-7(4-2-6)14-8(5-11)9(12)13/h1-4,8,11H,5H2,(H,12,13). The number of carboxylic acid groups (broad SMARTS) is 1. The van der Waals surface area contributed by atoms with E-state index in [0.29, 0.717) is 5.75 Å². The molecule has 0 heterocycles. The quantitative estimate of drug-likeness (QED) is 0.856. The highest BCUT2D eigenvalue weighted by Gasteiger charge is 2.17. The molecule has 0 amide bonds. The van der Waals surface area contributed by atoms with Crippen molar-refractivity contribution in [1.29, 1.82) is 0 Å². The number of ether oxygens (including phenoxy) is 1. The fourth-order valence-electron chi connectivity index (χ4n) is 0.843. The van der Waals surface area contributed by atoms with Crippen molar-refractivity contribution in [3.8, 4) is 5.75 Å². The molecule has 0 bridgehead atoms. The first-order chi connectivity index (χ1) is 6.63. The summed E-state index contributed by atoms with van der Waals surface area (Å²) in [5, 5.41) is 17.3. The number of aliphatic carboxylic acids is 1. The van der Waals surface area contributed by atoms with Gasteiger partial charge in [0.05, 0.1) is 6.61 Å². The van der Waals surface area contributed by atoms with Gasteiger partial charge < -0.3 is 14.9 Å². The highest BCUT2D eigenvalue weighted by molar-refractivity contribution is 9.10. The minimum Gasteiger partial charge on any atom is -0.478 e. The minimum atomic E-state index is -1.21. The number of aliphatic hydroxyl groups is 1. The van der Waals surface area contributed by atoms with Gasteiger partial charge in [0.2, 0.25) is 6.10 Å². The molecule has 76 valence electrons. The van der Waals surface area contributed by atoms with Crippen molar-refractivity contribution in [2.75, 3.05) is 6.61 Å². The first-order valence-electron chi connectivity index (χ1n) is 3.89. The number of hydrogen-bond acceptors (Lipinski definition) is 3. The number of carboxylic acids is 1. The summed E-state index contributed by atoms with van der Waals surface area (Å²) < 4.78 is 5.89. The maximum atomic E-state index is 10.5. The molecule has 0 fully saturated rings. The number of rotatable bonds is 4. The molecule has 1 aromatic carbocycles. The van der Waals surface area contributed by atoms with Gasteiger partial charge in [0.25, 0.3) is 0 Å². The molecular formula is C9H9BrO4. The van der Waals surface area contributed by atoms with E-state index in [1.54, 1.807) is 24.3 Å². The van der Waals surface area contributed by atoms with Crippen molar-refractivity contribution in [2.24, 2.45) is 0 Å². The van der Waals surface area contributed by atoms with Crippen LogP contribution in [-0.2, 0) is 4.79 Å².